The van der Waals surface area contributed by atoms with Crippen molar-refractivity contribution in [2.24, 2.45) is 0 Å². The molecular weight excluding hydrogens is 252 g/mol. The van der Waals surface area contributed by atoms with Crippen molar-refractivity contribution in [3.63, 3.8) is 0 Å². The first kappa shape index (κ1) is 14.6. The molecule has 1 saturated heterocycles. The zero-order valence-corrected chi connectivity index (χ0v) is 12.4. The number of carbonyl (C=O) groups is 2. The Balaban J connectivity index is 2.39. The van der Waals surface area contributed by atoms with E-state index in [0.717, 1.165) is 12.1 Å². The molecule has 0 saturated carbocycles. The maximum Gasteiger partial charge on any atom is 0.253 e. The molecule has 1 aromatic carbocycles. The Morgan fingerprint density at radius 2 is 1.90 bits per heavy atom. The number of nitrogens with one attached hydrogen (secondary N) is 1. The highest BCUT2D eigenvalue weighted by molar-refractivity contribution is 6.09. The van der Waals surface area contributed by atoms with Gasteiger partial charge in [0.2, 0.25) is 5.91 Å². The monoisotopic (exact) mass is 274 g/mol. The van der Waals surface area contributed by atoms with Gasteiger partial charge in [-0.2, -0.15) is 0 Å². The van der Waals surface area contributed by atoms with Gasteiger partial charge in [-0.3, -0.25) is 9.59 Å². The third-order valence-electron chi connectivity index (χ3n) is 4.17. The highest BCUT2D eigenvalue weighted by Crippen LogP contribution is 2.27. The number of amides is 2. The summed E-state index contributed by atoms with van der Waals surface area (Å²) in [6, 6.07) is 7.86. The minimum absolute atomic E-state index is 0.00430. The Hall–Kier alpha value is -1.84. The largest absolute Gasteiger partial charge is 0.340 e. The number of hydrogen-bond acceptors (Lipinski definition) is 2. The van der Waals surface area contributed by atoms with Crippen LogP contribution in [0.1, 0.15) is 39.2 Å². The molecule has 1 aromatic rings. The van der Waals surface area contributed by atoms with E-state index in [1.54, 1.807) is 4.90 Å². The van der Waals surface area contributed by atoms with Crippen LogP contribution in [0.5, 0.6) is 0 Å². The summed E-state index contributed by atoms with van der Waals surface area (Å²) < 4.78 is 0. The number of aryl methyl sites for hydroxylation is 1. The van der Waals surface area contributed by atoms with Crippen molar-refractivity contribution in [2.45, 2.75) is 45.6 Å². The molecule has 1 aliphatic heterocycles. The maximum atomic E-state index is 12.8. The summed E-state index contributed by atoms with van der Waals surface area (Å²) in [7, 11) is 0. The molecule has 0 radical (unpaired) electrons. The Morgan fingerprint density at radius 3 is 2.50 bits per heavy atom. The zero-order valence-electron chi connectivity index (χ0n) is 12.4. The van der Waals surface area contributed by atoms with E-state index >= 15 is 0 Å². The lowest BCUT2D eigenvalue weighted by molar-refractivity contribution is -0.136. The van der Waals surface area contributed by atoms with Crippen molar-refractivity contribution in [3.8, 4) is 0 Å². The summed E-state index contributed by atoms with van der Waals surface area (Å²) in [5.41, 5.74) is 1.23. The van der Waals surface area contributed by atoms with Gasteiger partial charge in [-0.15, -0.1) is 0 Å². The molecule has 0 atom stereocenters. The standard InChI is InChI=1S/C16H22N2O2/c1-4-12-8-7-9-13(10-12)18-11-14(19)17-16(5-2,6-3)15(18)20/h7-10H,4-6,11H2,1-3H3,(H,17,19). The Morgan fingerprint density at radius 1 is 1.20 bits per heavy atom. The quantitative estimate of drug-likeness (QED) is 0.915. The number of benzene rings is 1. The van der Waals surface area contributed by atoms with Crippen molar-refractivity contribution >= 4 is 17.5 Å². The van der Waals surface area contributed by atoms with Crippen molar-refractivity contribution < 1.29 is 9.59 Å². The maximum absolute atomic E-state index is 12.8. The second kappa shape index (κ2) is 5.65. The topological polar surface area (TPSA) is 49.4 Å². The molecule has 2 amide bonds. The van der Waals surface area contributed by atoms with Gasteiger partial charge >= 0.3 is 0 Å². The summed E-state index contributed by atoms with van der Waals surface area (Å²) in [5, 5.41) is 2.88. The number of hydrogen-bond donors (Lipinski definition) is 1. The van der Waals surface area contributed by atoms with Gasteiger partial charge in [0, 0.05) is 5.69 Å². The highest BCUT2D eigenvalue weighted by Gasteiger charge is 2.44. The predicted octanol–water partition coefficient (Wildman–Crippen LogP) is 2.27. The fourth-order valence-electron chi connectivity index (χ4n) is 2.72. The summed E-state index contributed by atoms with van der Waals surface area (Å²) in [6.07, 6.45) is 2.13. The van der Waals surface area contributed by atoms with E-state index in [1.807, 2.05) is 38.1 Å². The molecule has 0 spiro atoms. The lowest BCUT2D eigenvalue weighted by atomic mass is 9.88. The summed E-state index contributed by atoms with van der Waals surface area (Å²) in [5.74, 6) is -0.0921. The first-order valence-electron chi connectivity index (χ1n) is 7.28. The fourth-order valence-corrected chi connectivity index (χ4v) is 2.72. The third kappa shape index (κ3) is 2.42. The van der Waals surface area contributed by atoms with Crippen LogP contribution in [0.2, 0.25) is 0 Å². The van der Waals surface area contributed by atoms with Gasteiger partial charge < -0.3 is 10.2 Å². The lowest BCUT2D eigenvalue weighted by Gasteiger charge is -2.41. The SMILES string of the molecule is CCc1cccc(N2CC(=O)NC(CC)(CC)C2=O)c1. The average Bonchev–Trinajstić information content (AvgIpc) is 2.49. The van der Waals surface area contributed by atoms with Crippen molar-refractivity contribution in [2.75, 3.05) is 11.4 Å². The molecule has 108 valence electrons. The highest BCUT2D eigenvalue weighted by atomic mass is 16.2. The summed E-state index contributed by atoms with van der Waals surface area (Å²) in [6.45, 7) is 6.06. The Kier molecular flexibility index (Phi) is 4.12. The van der Waals surface area contributed by atoms with Crippen LogP contribution in [0.4, 0.5) is 5.69 Å². The molecule has 20 heavy (non-hydrogen) atoms. The third-order valence-corrected chi connectivity index (χ3v) is 4.17. The molecule has 0 aromatic heterocycles. The second-order valence-electron chi connectivity index (χ2n) is 5.25. The molecule has 1 aliphatic rings. The Bertz CT molecular complexity index is 521. The van der Waals surface area contributed by atoms with Gasteiger partial charge in [0.05, 0.1) is 0 Å². The van der Waals surface area contributed by atoms with Gasteiger partial charge in [0.1, 0.15) is 12.1 Å². The van der Waals surface area contributed by atoms with E-state index in [1.165, 1.54) is 5.56 Å². The minimum Gasteiger partial charge on any atom is -0.340 e. The van der Waals surface area contributed by atoms with Crippen LogP contribution >= 0.6 is 0 Å². The van der Waals surface area contributed by atoms with E-state index in [-0.39, 0.29) is 18.4 Å². The van der Waals surface area contributed by atoms with E-state index in [0.29, 0.717) is 12.8 Å². The lowest BCUT2D eigenvalue weighted by Crippen LogP contribution is -2.66. The van der Waals surface area contributed by atoms with Gasteiger partial charge in [-0.25, -0.2) is 0 Å². The van der Waals surface area contributed by atoms with Gasteiger partial charge in [0.15, 0.2) is 0 Å². The van der Waals surface area contributed by atoms with Crippen LogP contribution in [0, 0.1) is 0 Å². The van der Waals surface area contributed by atoms with Crippen LogP contribution in [-0.2, 0) is 16.0 Å². The van der Waals surface area contributed by atoms with E-state index in [9.17, 15) is 9.59 Å². The van der Waals surface area contributed by atoms with E-state index in [2.05, 4.69) is 12.2 Å². The summed E-state index contributed by atoms with van der Waals surface area (Å²) >= 11 is 0. The van der Waals surface area contributed by atoms with Crippen molar-refractivity contribution in [1.82, 2.24) is 5.32 Å². The molecule has 4 nitrogen and oxygen atoms in total. The van der Waals surface area contributed by atoms with E-state index in [4.69, 9.17) is 0 Å². The Labute approximate surface area is 120 Å². The molecule has 1 fully saturated rings. The second-order valence-corrected chi connectivity index (χ2v) is 5.25. The predicted molar refractivity (Wildman–Crippen MR) is 79.6 cm³/mol. The first-order valence-corrected chi connectivity index (χ1v) is 7.28. The minimum atomic E-state index is -0.752. The number of anilines is 1. The normalized spacial score (nSPS) is 18.1. The van der Waals surface area contributed by atoms with E-state index < -0.39 is 5.54 Å². The van der Waals surface area contributed by atoms with Crippen LogP contribution in [-0.4, -0.2) is 23.9 Å². The molecule has 0 aliphatic carbocycles. The smallest absolute Gasteiger partial charge is 0.253 e. The van der Waals surface area contributed by atoms with Gasteiger partial charge in [0.25, 0.3) is 5.91 Å². The van der Waals surface area contributed by atoms with Gasteiger partial charge in [-0.1, -0.05) is 32.9 Å². The molecule has 0 unspecified atom stereocenters. The molecular formula is C16H22N2O2. The molecule has 1 heterocycles. The number of rotatable bonds is 4. The number of nitrogens with zero attached hydrogens (tertiary/aromatic N) is 1. The number of piperazine rings is 1. The van der Waals surface area contributed by atoms with Crippen molar-refractivity contribution in [1.29, 1.82) is 0 Å². The molecule has 2 rings (SSSR count). The van der Waals surface area contributed by atoms with Crippen molar-refractivity contribution in [3.05, 3.63) is 29.8 Å². The molecule has 4 heteroatoms. The van der Waals surface area contributed by atoms with Crippen LogP contribution in [0.3, 0.4) is 0 Å². The molecule has 0 bridgehead atoms. The van der Waals surface area contributed by atoms with Crippen LogP contribution in [0.25, 0.3) is 0 Å². The summed E-state index contributed by atoms with van der Waals surface area (Å²) in [4.78, 5) is 26.4. The van der Waals surface area contributed by atoms with Crippen LogP contribution in [0.15, 0.2) is 24.3 Å². The first-order chi connectivity index (χ1) is 9.56. The zero-order chi connectivity index (χ0) is 14.8. The fraction of sp³-hybridized carbons (Fsp3) is 0.500. The molecule has 1 N–H and O–H groups in total. The number of carbonyl (C=O) groups excluding carboxylic acids is 2. The average molecular weight is 274 g/mol. The van der Waals surface area contributed by atoms with Crippen LogP contribution < -0.4 is 10.2 Å². The van der Waals surface area contributed by atoms with Gasteiger partial charge in [-0.05, 0) is 37.0 Å².